The van der Waals surface area contributed by atoms with Crippen molar-refractivity contribution >= 4 is 37.4 Å². The summed E-state index contributed by atoms with van der Waals surface area (Å²) in [5, 5.41) is 2.69. The smallest absolute Gasteiger partial charge is 0.459 e. The fourth-order valence-corrected chi connectivity index (χ4v) is 6.61. The minimum atomic E-state index is -4.95. The summed E-state index contributed by atoms with van der Waals surface area (Å²) in [6, 6.07) is -5.46. The van der Waals surface area contributed by atoms with E-state index in [-0.39, 0.29) is 32.0 Å². The van der Waals surface area contributed by atoms with Crippen molar-refractivity contribution in [3.8, 4) is 0 Å². The molecule has 4 saturated heterocycles. The molecule has 0 aromatic heterocycles. The number of nitrogens with two attached hydrogens (primary N) is 1. The molecule has 15 nitrogen and oxygen atoms in total. The van der Waals surface area contributed by atoms with Crippen LogP contribution in [0.4, 0.5) is 0 Å². The third-order valence-electron chi connectivity index (χ3n) is 8.09. The van der Waals surface area contributed by atoms with E-state index in [1.165, 1.54) is 23.6 Å². The van der Waals surface area contributed by atoms with Gasteiger partial charge < -0.3 is 40.3 Å². The van der Waals surface area contributed by atoms with Crippen molar-refractivity contribution in [2.24, 2.45) is 11.7 Å². The van der Waals surface area contributed by atoms with Gasteiger partial charge >= 0.3 is 13.8 Å². The Bertz CT molecular complexity index is 1100. The zero-order valence-electron chi connectivity index (χ0n) is 22.8. The highest BCUT2D eigenvalue weighted by Crippen LogP contribution is 2.41. The van der Waals surface area contributed by atoms with Crippen LogP contribution in [-0.2, 0) is 37.8 Å². The molecule has 4 heterocycles. The molecule has 4 aliphatic heterocycles. The van der Waals surface area contributed by atoms with Crippen LogP contribution < -0.4 is 11.1 Å². The summed E-state index contributed by atoms with van der Waals surface area (Å²) in [7, 11) is -4.95. The summed E-state index contributed by atoms with van der Waals surface area (Å²) in [5.41, 5.74) is 6.20. The molecule has 4 amide bonds. The average Bonchev–Trinajstić information content (AvgIpc) is 3.48. The van der Waals surface area contributed by atoms with Gasteiger partial charge in [-0.25, -0.2) is 9.36 Å². The van der Waals surface area contributed by atoms with Gasteiger partial charge in [0.1, 0.15) is 36.3 Å². The minimum absolute atomic E-state index is 0.0140. The summed E-state index contributed by atoms with van der Waals surface area (Å²) in [6.45, 7) is 4.99. The number of carbonyl (C=O) groups is 5. The van der Waals surface area contributed by atoms with Gasteiger partial charge in [-0.2, -0.15) is 0 Å². The molecule has 16 heteroatoms. The first-order chi connectivity index (χ1) is 18.7. The predicted molar refractivity (Wildman–Crippen MR) is 137 cm³/mol. The van der Waals surface area contributed by atoms with E-state index < -0.39 is 79.8 Å². The number of phosphoric acid groups is 1. The number of cyclic esters (lactones) is 1. The Balaban J connectivity index is 1.70. The number of phosphoric ester groups is 1. The van der Waals surface area contributed by atoms with E-state index in [2.05, 4.69) is 5.32 Å². The lowest BCUT2D eigenvalue weighted by atomic mass is 9.99. The van der Waals surface area contributed by atoms with Crippen molar-refractivity contribution in [1.29, 1.82) is 0 Å². The van der Waals surface area contributed by atoms with Crippen LogP contribution in [-0.4, -0.2) is 116 Å². The second-order valence-corrected chi connectivity index (χ2v) is 12.4. The van der Waals surface area contributed by atoms with Gasteiger partial charge in [-0.15, -0.1) is 0 Å². The summed E-state index contributed by atoms with van der Waals surface area (Å²) in [6.07, 6.45) is -0.623. The third-order valence-corrected chi connectivity index (χ3v) is 8.67. The van der Waals surface area contributed by atoms with Gasteiger partial charge in [0.25, 0.3) is 0 Å². The van der Waals surface area contributed by atoms with E-state index in [4.69, 9.17) is 15.0 Å². The predicted octanol–water partition coefficient (Wildman–Crippen LogP) is -1.54. The SMILES string of the molecule is C[C@@H]1C[C@H]2C(=O)O[C@@H](C)[C@H](N)C(=O)N3C[C@H](OP(=O)(O)O)C[C@H]3C(=O)N3CCCC[C@H]3C(=O)N[C@@H](C)C(=O)N2C1. The number of piperidine rings is 1. The summed E-state index contributed by atoms with van der Waals surface area (Å²) in [5.74, 6) is -3.14. The standard InChI is InChI=1S/C24H38N5O10P/c1-12-8-18-24(34)38-14(3)19(25)23(33)29-11-15(39-40(35,36)37)9-17(29)22(32)27-7-5-4-6-16(27)20(30)26-13(2)21(31)28(18)10-12/h12-19H,4-11,25H2,1-3H3,(H,26,30)(H2,35,36,37)/t12-,13+,14+,15-,16+,17+,18+,19+/m1/s1. The van der Waals surface area contributed by atoms with Crippen molar-refractivity contribution < 1.29 is 47.6 Å². The Labute approximate surface area is 231 Å². The third kappa shape index (κ3) is 6.33. The van der Waals surface area contributed by atoms with Crippen LogP contribution in [0.5, 0.6) is 0 Å². The molecule has 0 spiro atoms. The van der Waals surface area contributed by atoms with E-state index in [0.717, 1.165) is 4.90 Å². The van der Waals surface area contributed by atoms with E-state index in [1.807, 2.05) is 6.92 Å². The second-order valence-electron chi connectivity index (χ2n) is 11.2. The summed E-state index contributed by atoms with van der Waals surface area (Å²) in [4.78, 5) is 89.7. The van der Waals surface area contributed by atoms with E-state index in [1.54, 1.807) is 0 Å². The summed E-state index contributed by atoms with van der Waals surface area (Å²) >= 11 is 0. The first-order valence-electron chi connectivity index (χ1n) is 13.6. The number of nitrogens with zero attached hydrogens (tertiary/aromatic N) is 3. The number of nitrogens with one attached hydrogen (secondary N) is 1. The molecule has 0 saturated carbocycles. The zero-order valence-corrected chi connectivity index (χ0v) is 23.7. The molecule has 4 aliphatic rings. The molecule has 4 rings (SSSR count). The highest BCUT2D eigenvalue weighted by atomic mass is 31.2. The first kappa shape index (κ1) is 30.4. The van der Waals surface area contributed by atoms with E-state index >= 15 is 0 Å². The van der Waals surface area contributed by atoms with Crippen LogP contribution in [0.15, 0.2) is 0 Å². The lowest BCUT2D eigenvalue weighted by molar-refractivity contribution is -0.161. The summed E-state index contributed by atoms with van der Waals surface area (Å²) < 4.78 is 21.9. The van der Waals surface area contributed by atoms with Gasteiger partial charge in [-0.1, -0.05) is 6.92 Å². The minimum Gasteiger partial charge on any atom is -0.459 e. The quantitative estimate of drug-likeness (QED) is 0.215. The highest BCUT2D eigenvalue weighted by Gasteiger charge is 2.49. The number of amides is 4. The van der Waals surface area contributed by atoms with Crippen molar-refractivity contribution in [1.82, 2.24) is 20.0 Å². The number of esters is 1. The van der Waals surface area contributed by atoms with Crippen LogP contribution in [0.3, 0.4) is 0 Å². The molecule has 0 aromatic carbocycles. The molecule has 0 aliphatic carbocycles. The Morgan fingerprint density at radius 2 is 1.57 bits per heavy atom. The van der Waals surface area contributed by atoms with Gasteiger partial charge in [-0.3, -0.25) is 23.7 Å². The molecule has 0 unspecified atom stereocenters. The number of ether oxygens (including phenoxy) is 1. The molecule has 224 valence electrons. The van der Waals surface area contributed by atoms with Gasteiger partial charge in [0.15, 0.2) is 0 Å². The van der Waals surface area contributed by atoms with Crippen molar-refractivity contribution in [2.45, 2.75) is 95.3 Å². The second kappa shape index (κ2) is 11.7. The Morgan fingerprint density at radius 1 is 0.900 bits per heavy atom. The van der Waals surface area contributed by atoms with Gasteiger partial charge in [-0.05, 0) is 45.4 Å². The molecular weight excluding hydrogens is 549 g/mol. The molecule has 8 atom stereocenters. The molecule has 0 aromatic rings. The van der Waals surface area contributed by atoms with Crippen LogP contribution in [0.2, 0.25) is 0 Å². The molecule has 0 radical (unpaired) electrons. The number of carbonyl (C=O) groups excluding carboxylic acids is 5. The van der Waals surface area contributed by atoms with Crippen molar-refractivity contribution in [2.75, 3.05) is 19.6 Å². The largest absolute Gasteiger partial charge is 0.469 e. The van der Waals surface area contributed by atoms with Crippen molar-refractivity contribution in [3.63, 3.8) is 0 Å². The number of hydrogen-bond donors (Lipinski definition) is 4. The number of rotatable bonds is 2. The van der Waals surface area contributed by atoms with Gasteiger partial charge in [0.05, 0.1) is 6.10 Å². The maximum absolute atomic E-state index is 13.8. The van der Waals surface area contributed by atoms with Crippen LogP contribution in [0, 0.1) is 5.92 Å². The highest BCUT2D eigenvalue weighted by molar-refractivity contribution is 7.46. The van der Waals surface area contributed by atoms with E-state index in [0.29, 0.717) is 25.7 Å². The first-order valence-corrected chi connectivity index (χ1v) is 15.1. The lowest BCUT2D eigenvalue weighted by Crippen LogP contribution is -2.61. The van der Waals surface area contributed by atoms with Gasteiger partial charge in [0.2, 0.25) is 23.6 Å². The fraction of sp³-hybridized carbons (Fsp3) is 0.792. The maximum Gasteiger partial charge on any atom is 0.469 e. The molecular formula is C24H38N5O10P. The molecule has 5 N–H and O–H groups in total. The average molecular weight is 588 g/mol. The Morgan fingerprint density at radius 3 is 2.25 bits per heavy atom. The van der Waals surface area contributed by atoms with Gasteiger partial charge in [0, 0.05) is 26.1 Å². The fourth-order valence-electron chi connectivity index (χ4n) is 6.07. The molecule has 40 heavy (non-hydrogen) atoms. The molecule has 0 bridgehead atoms. The zero-order chi connectivity index (χ0) is 29.5. The normalized spacial score (nSPS) is 36.6. The molecule has 4 fully saturated rings. The Kier molecular flexibility index (Phi) is 8.91. The van der Waals surface area contributed by atoms with Crippen LogP contribution in [0.1, 0.15) is 52.9 Å². The Hall–Kier alpha value is -2.58. The van der Waals surface area contributed by atoms with E-state index in [9.17, 15) is 38.3 Å². The topological polar surface area (TPSA) is 209 Å². The monoisotopic (exact) mass is 587 g/mol. The maximum atomic E-state index is 13.8. The van der Waals surface area contributed by atoms with Crippen LogP contribution >= 0.6 is 7.82 Å². The van der Waals surface area contributed by atoms with Crippen molar-refractivity contribution in [3.05, 3.63) is 0 Å². The van der Waals surface area contributed by atoms with Crippen LogP contribution in [0.25, 0.3) is 0 Å². The number of hydrogen-bond acceptors (Lipinski definition) is 9. The number of fused-ring (bicyclic) bond motifs is 3. The lowest BCUT2D eigenvalue weighted by Gasteiger charge is -2.39.